The van der Waals surface area contributed by atoms with Gasteiger partial charge in [-0.05, 0) is 54.4 Å². The molecule has 3 aromatic carbocycles. The maximum Gasteiger partial charge on any atom is 0.301 e. The standard InChI is InChI=1S/C27H22N2O5S/c1-15-13-17(9-12-20(15)34-3)24(30)22-23(16-7-5-4-6-8-16)29(26(32)25(22)31)27-28-19-11-10-18(33-2)14-21(19)35-27/h4-14,23,30H,1-3H3/b24-22+/t23-/m1/s1. The lowest BCUT2D eigenvalue weighted by atomic mass is 9.95. The van der Waals surface area contributed by atoms with Gasteiger partial charge in [-0.1, -0.05) is 41.7 Å². The number of amides is 1. The summed E-state index contributed by atoms with van der Waals surface area (Å²) in [5.41, 5.74) is 2.61. The van der Waals surface area contributed by atoms with Crippen molar-refractivity contribution < 1.29 is 24.2 Å². The first-order valence-electron chi connectivity index (χ1n) is 10.9. The number of fused-ring (bicyclic) bond motifs is 1. The Morgan fingerprint density at radius 2 is 1.77 bits per heavy atom. The first kappa shape index (κ1) is 22.6. The summed E-state index contributed by atoms with van der Waals surface area (Å²) in [5, 5.41) is 11.7. The average Bonchev–Trinajstić information content (AvgIpc) is 3.41. The van der Waals surface area contributed by atoms with Crippen LogP contribution in [0, 0.1) is 6.92 Å². The van der Waals surface area contributed by atoms with Crippen molar-refractivity contribution in [1.29, 1.82) is 0 Å². The van der Waals surface area contributed by atoms with Crippen LogP contribution in [0.1, 0.15) is 22.7 Å². The minimum atomic E-state index is -0.832. The average molecular weight is 487 g/mol. The molecule has 4 aromatic rings. The number of hydrogen-bond donors (Lipinski definition) is 1. The van der Waals surface area contributed by atoms with Crippen molar-refractivity contribution in [2.24, 2.45) is 0 Å². The number of rotatable bonds is 5. The molecular weight excluding hydrogens is 464 g/mol. The maximum atomic E-state index is 13.4. The molecule has 0 saturated carbocycles. The summed E-state index contributed by atoms with van der Waals surface area (Å²) >= 11 is 1.29. The van der Waals surface area contributed by atoms with E-state index < -0.39 is 17.7 Å². The first-order valence-corrected chi connectivity index (χ1v) is 11.7. The van der Waals surface area contributed by atoms with Gasteiger partial charge in [0.1, 0.15) is 17.3 Å². The van der Waals surface area contributed by atoms with Crippen LogP contribution < -0.4 is 14.4 Å². The molecule has 1 aliphatic rings. The van der Waals surface area contributed by atoms with Gasteiger partial charge in [-0.3, -0.25) is 14.5 Å². The highest BCUT2D eigenvalue weighted by Crippen LogP contribution is 2.44. The number of methoxy groups -OCH3 is 2. The van der Waals surface area contributed by atoms with E-state index in [2.05, 4.69) is 4.98 Å². The van der Waals surface area contributed by atoms with Crippen molar-refractivity contribution in [2.75, 3.05) is 19.1 Å². The largest absolute Gasteiger partial charge is 0.507 e. The SMILES string of the molecule is COc1ccc2nc(N3C(=O)C(=O)/C(=C(/O)c4ccc(OC)c(C)c4)[C@H]3c3ccccc3)sc2c1. The van der Waals surface area contributed by atoms with Gasteiger partial charge in [0, 0.05) is 5.56 Å². The van der Waals surface area contributed by atoms with E-state index in [1.54, 1.807) is 38.5 Å². The van der Waals surface area contributed by atoms with Crippen molar-refractivity contribution in [3.05, 3.63) is 89.0 Å². The lowest BCUT2D eigenvalue weighted by Gasteiger charge is -2.23. The number of nitrogens with zero attached hydrogens (tertiary/aromatic N) is 2. The zero-order valence-corrected chi connectivity index (χ0v) is 20.1. The molecule has 0 aliphatic carbocycles. The lowest BCUT2D eigenvalue weighted by Crippen LogP contribution is -2.29. The van der Waals surface area contributed by atoms with Crippen LogP contribution in [0.2, 0.25) is 0 Å². The molecule has 35 heavy (non-hydrogen) atoms. The van der Waals surface area contributed by atoms with Gasteiger partial charge in [0.15, 0.2) is 5.13 Å². The highest BCUT2D eigenvalue weighted by Gasteiger charge is 2.48. The Hall–Kier alpha value is -4.17. The van der Waals surface area contributed by atoms with E-state index in [0.717, 1.165) is 10.3 Å². The number of carbonyl (C=O) groups excluding carboxylic acids is 2. The number of aromatic nitrogens is 1. The van der Waals surface area contributed by atoms with Crippen LogP contribution in [0.5, 0.6) is 11.5 Å². The summed E-state index contributed by atoms with van der Waals surface area (Å²) in [4.78, 5) is 32.7. The number of ketones is 1. The van der Waals surface area contributed by atoms with Crippen molar-refractivity contribution in [1.82, 2.24) is 4.98 Å². The van der Waals surface area contributed by atoms with E-state index in [0.29, 0.717) is 33.3 Å². The number of Topliss-reactive ketones (excluding diaryl/α,β-unsaturated/α-hetero) is 1. The fourth-order valence-corrected chi connectivity index (χ4v) is 5.31. The van der Waals surface area contributed by atoms with Crippen LogP contribution in [0.25, 0.3) is 16.0 Å². The van der Waals surface area contributed by atoms with Crippen LogP contribution in [0.15, 0.2) is 72.3 Å². The van der Waals surface area contributed by atoms with Gasteiger partial charge in [-0.15, -0.1) is 0 Å². The van der Waals surface area contributed by atoms with E-state index in [1.807, 2.05) is 49.4 Å². The molecule has 1 N–H and O–H groups in total. The number of anilines is 1. The number of aliphatic hydroxyl groups excluding tert-OH is 1. The number of carbonyl (C=O) groups is 2. The molecule has 1 fully saturated rings. The van der Waals surface area contributed by atoms with E-state index in [-0.39, 0.29) is 11.3 Å². The second kappa shape index (κ2) is 8.88. The number of hydrogen-bond acceptors (Lipinski definition) is 7. The molecule has 0 bridgehead atoms. The lowest BCUT2D eigenvalue weighted by molar-refractivity contribution is -0.132. The van der Waals surface area contributed by atoms with Crippen molar-refractivity contribution in [2.45, 2.75) is 13.0 Å². The molecule has 8 heteroatoms. The molecule has 1 saturated heterocycles. The quantitative estimate of drug-likeness (QED) is 0.236. The monoisotopic (exact) mass is 486 g/mol. The Morgan fingerprint density at radius 1 is 1.00 bits per heavy atom. The van der Waals surface area contributed by atoms with Crippen molar-refractivity contribution >= 4 is 44.1 Å². The van der Waals surface area contributed by atoms with Crippen molar-refractivity contribution in [3.63, 3.8) is 0 Å². The second-order valence-electron chi connectivity index (χ2n) is 8.09. The molecule has 7 nitrogen and oxygen atoms in total. The highest BCUT2D eigenvalue weighted by molar-refractivity contribution is 7.22. The van der Waals surface area contributed by atoms with Gasteiger partial charge in [-0.2, -0.15) is 0 Å². The minimum Gasteiger partial charge on any atom is -0.507 e. The van der Waals surface area contributed by atoms with Crippen LogP contribution >= 0.6 is 11.3 Å². The summed E-state index contributed by atoms with van der Waals surface area (Å²) in [6.45, 7) is 1.85. The Labute approximate surface area is 205 Å². The Balaban J connectivity index is 1.70. The number of ether oxygens (including phenoxy) is 2. The third-order valence-corrected chi connectivity index (χ3v) is 7.04. The number of thiazole rings is 1. The van der Waals surface area contributed by atoms with Gasteiger partial charge in [-0.25, -0.2) is 4.98 Å². The fourth-order valence-electron chi connectivity index (χ4n) is 4.28. The fraction of sp³-hybridized carbons (Fsp3) is 0.148. The molecule has 1 amide bonds. The number of aryl methyl sites for hydroxylation is 1. The van der Waals surface area contributed by atoms with E-state index in [1.165, 1.54) is 16.2 Å². The molecule has 0 spiro atoms. The first-order chi connectivity index (χ1) is 16.9. The summed E-state index contributed by atoms with van der Waals surface area (Å²) in [6, 6.07) is 18.9. The third-order valence-electron chi connectivity index (χ3n) is 6.02. The predicted molar refractivity (Wildman–Crippen MR) is 135 cm³/mol. The molecule has 1 aromatic heterocycles. The number of benzene rings is 3. The zero-order chi connectivity index (χ0) is 24.7. The molecule has 0 radical (unpaired) electrons. The van der Waals surface area contributed by atoms with Gasteiger partial charge in [0.25, 0.3) is 5.78 Å². The molecule has 1 atom stereocenters. The maximum absolute atomic E-state index is 13.4. The summed E-state index contributed by atoms with van der Waals surface area (Å²) in [6.07, 6.45) is 0. The predicted octanol–water partition coefficient (Wildman–Crippen LogP) is 5.25. The summed E-state index contributed by atoms with van der Waals surface area (Å²) in [7, 11) is 3.15. The Morgan fingerprint density at radius 3 is 2.46 bits per heavy atom. The van der Waals surface area contributed by atoms with E-state index in [9.17, 15) is 14.7 Å². The van der Waals surface area contributed by atoms with Gasteiger partial charge in [0.2, 0.25) is 0 Å². The summed E-state index contributed by atoms with van der Waals surface area (Å²) < 4.78 is 11.4. The summed E-state index contributed by atoms with van der Waals surface area (Å²) in [5.74, 6) is -0.415. The van der Waals surface area contributed by atoms with Crippen molar-refractivity contribution in [3.8, 4) is 11.5 Å². The van der Waals surface area contributed by atoms with Crippen LogP contribution in [0.3, 0.4) is 0 Å². The second-order valence-corrected chi connectivity index (χ2v) is 9.10. The molecular formula is C27H22N2O5S. The van der Waals surface area contributed by atoms with E-state index in [4.69, 9.17) is 9.47 Å². The van der Waals surface area contributed by atoms with Crippen LogP contribution in [-0.4, -0.2) is 36.0 Å². The smallest absolute Gasteiger partial charge is 0.301 e. The molecule has 2 heterocycles. The van der Waals surface area contributed by atoms with Gasteiger partial charge < -0.3 is 14.6 Å². The zero-order valence-electron chi connectivity index (χ0n) is 19.3. The number of aliphatic hydroxyl groups is 1. The third kappa shape index (κ3) is 3.81. The topological polar surface area (TPSA) is 89.0 Å². The van der Waals surface area contributed by atoms with E-state index >= 15 is 0 Å². The molecule has 176 valence electrons. The highest BCUT2D eigenvalue weighted by atomic mass is 32.1. The molecule has 0 unspecified atom stereocenters. The molecule has 1 aliphatic heterocycles. The normalized spacial score (nSPS) is 17.2. The van der Waals surface area contributed by atoms with Gasteiger partial charge in [0.05, 0.1) is 36.1 Å². The Bertz CT molecular complexity index is 1490. The Kier molecular flexibility index (Phi) is 5.74. The van der Waals surface area contributed by atoms with Crippen LogP contribution in [0.4, 0.5) is 5.13 Å². The minimum absolute atomic E-state index is 0.0163. The molecule has 5 rings (SSSR count). The van der Waals surface area contributed by atoms with Gasteiger partial charge >= 0.3 is 5.91 Å². The van der Waals surface area contributed by atoms with Crippen LogP contribution in [-0.2, 0) is 9.59 Å².